The number of esters is 1. The molecule has 0 amide bonds. The van der Waals surface area contributed by atoms with Gasteiger partial charge in [-0.15, -0.1) is 0 Å². The van der Waals surface area contributed by atoms with E-state index < -0.39 is 12.0 Å². The van der Waals surface area contributed by atoms with Gasteiger partial charge in [0.15, 0.2) is 16.3 Å². The summed E-state index contributed by atoms with van der Waals surface area (Å²) in [5.41, 5.74) is 4.24. The van der Waals surface area contributed by atoms with Gasteiger partial charge in [-0.05, 0) is 80.8 Å². The van der Waals surface area contributed by atoms with Crippen molar-refractivity contribution in [3.8, 4) is 23.0 Å². The number of rotatable bonds is 11. The van der Waals surface area contributed by atoms with Gasteiger partial charge in [0.2, 0.25) is 0 Å². The van der Waals surface area contributed by atoms with Crippen molar-refractivity contribution in [3.63, 3.8) is 0 Å². The Morgan fingerprint density at radius 3 is 2.40 bits per heavy atom. The van der Waals surface area contributed by atoms with Crippen LogP contribution in [0, 0.1) is 13.8 Å². The van der Waals surface area contributed by atoms with E-state index in [2.05, 4.69) is 11.9 Å². The summed E-state index contributed by atoms with van der Waals surface area (Å²) < 4.78 is 30.3. The maximum atomic E-state index is 14.1. The summed E-state index contributed by atoms with van der Waals surface area (Å²) in [5.74, 6) is 1.88. The third-order valence-corrected chi connectivity index (χ3v) is 8.52. The largest absolute Gasteiger partial charge is 0.493 e. The monoisotopic (exact) mass is 628 g/mol. The summed E-state index contributed by atoms with van der Waals surface area (Å²) in [6.07, 6.45) is 1.79. The molecule has 45 heavy (non-hydrogen) atoms. The lowest BCUT2D eigenvalue weighted by Gasteiger charge is -2.25. The number of ether oxygens (including phenoxy) is 5. The van der Waals surface area contributed by atoms with Gasteiger partial charge in [0.1, 0.15) is 24.7 Å². The van der Waals surface area contributed by atoms with Crippen LogP contribution in [0.2, 0.25) is 0 Å². The molecule has 0 aliphatic carbocycles. The zero-order valence-electron chi connectivity index (χ0n) is 26.2. The van der Waals surface area contributed by atoms with E-state index in [1.807, 2.05) is 55.5 Å². The normalized spacial score (nSPS) is 14.4. The smallest absolute Gasteiger partial charge is 0.338 e. The van der Waals surface area contributed by atoms with E-state index in [9.17, 15) is 9.59 Å². The molecule has 0 saturated carbocycles. The number of benzene rings is 3. The minimum absolute atomic E-state index is 0.186. The molecule has 0 saturated heterocycles. The Labute approximate surface area is 265 Å². The fraction of sp³-hybridized carbons (Fsp3) is 0.286. The third-order valence-electron chi connectivity index (χ3n) is 7.53. The molecule has 10 heteroatoms. The van der Waals surface area contributed by atoms with Crippen LogP contribution in [0.15, 0.2) is 81.7 Å². The zero-order valence-corrected chi connectivity index (χ0v) is 27.0. The number of aromatic nitrogens is 1. The van der Waals surface area contributed by atoms with Crippen molar-refractivity contribution in [2.75, 3.05) is 34.0 Å². The fourth-order valence-electron chi connectivity index (χ4n) is 5.12. The molecule has 0 N–H and O–H groups in total. The van der Waals surface area contributed by atoms with Crippen LogP contribution in [0.3, 0.4) is 0 Å². The van der Waals surface area contributed by atoms with Gasteiger partial charge in [0.05, 0.1) is 42.7 Å². The maximum Gasteiger partial charge on any atom is 0.338 e. The number of methoxy groups -OCH3 is 2. The number of carbonyl (C=O) groups is 1. The molecule has 4 aromatic rings. The van der Waals surface area contributed by atoms with Crippen LogP contribution in [0.25, 0.3) is 6.08 Å². The van der Waals surface area contributed by atoms with E-state index in [1.165, 1.54) is 28.6 Å². The molecular weight excluding hydrogens is 592 g/mol. The molecule has 1 atom stereocenters. The van der Waals surface area contributed by atoms with E-state index in [0.717, 1.165) is 16.9 Å². The number of thiazole rings is 1. The number of fused-ring (bicyclic) bond motifs is 1. The summed E-state index contributed by atoms with van der Waals surface area (Å²) in [6, 6.07) is 18.0. The highest BCUT2D eigenvalue weighted by molar-refractivity contribution is 7.07. The lowest BCUT2D eigenvalue weighted by Crippen LogP contribution is -2.40. The second-order valence-electron chi connectivity index (χ2n) is 10.4. The summed E-state index contributed by atoms with van der Waals surface area (Å²) in [5, 5.41) is 0. The van der Waals surface area contributed by atoms with Crippen molar-refractivity contribution in [2.45, 2.75) is 33.7 Å². The lowest BCUT2D eigenvalue weighted by molar-refractivity contribution is -0.139. The number of hydrogen-bond acceptors (Lipinski definition) is 9. The Kier molecular flexibility index (Phi) is 9.73. The molecule has 0 radical (unpaired) electrons. The molecule has 234 valence electrons. The van der Waals surface area contributed by atoms with Crippen LogP contribution in [0.4, 0.5) is 0 Å². The third kappa shape index (κ3) is 6.66. The first-order valence-electron chi connectivity index (χ1n) is 14.6. The number of aryl methyl sites for hydroxylation is 2. The van der Waals surface area contributed by atoms with Crippen molar-refractivity contribution in [3.05, 3.63) is 114 Å². The van der Waals surface area contributed by atoms with Gasteiger partial charge < -0.3 is 23.7 Å². The molecule has 1 aliphatic heterocycles. The highest BCUT2D eigenvalue weighted by atomic mass is 32.1. The molecule has 0 fully saturated rings. The van der Waals surface area contributed by atoms with Crippen molar-refractivity contribution < 1.29 is 28.5 Å². The average Bonchev–Trinajstić information content (AvgIpc) is 3.34. The van der Waals surface area contributed by atoms with Crippen LogP contribution in [0.5, 0.6) is 23.0 Å². The van der Waals surface area contributed by atoms with E-state index in [-0.39, 0.29) is 17.7 Å². The average molecular weight is 629 g/mol. The van der Waals surface area contributed by atoms with Crippen LogP contribution in [-0.4, -0.2) is 44.6 Å². The van der Waals surface area contributed by atoms with Crippen LogP contribution in [0.1, 0.15) is 42.1 Å². The first-order valence-corrected chi connectivity index (χ1v) is 15.4. The lowest BCUT2D eigenvalue weighted by atomic mass is 9.95. The molecule has 5 rings (SSSR count). The Morgan fingerprint density at radius 1 is 0.911 bits per heavy atom. The molecule has 2 heterocycles. The second-order valence-corrected chi connectivity index (χ2v) is 11.4. The minimum atomic E-state index is -0.781. The minimum Gasteiger partial charge on any atom is -0.493 e. The Morgan fingerprint density at radius 2 is 1.67 bits per heavy atom. The topological polar surface area (TPSA) is 97.6 Å². The van der Waals surface area contributed by atoms with Gasteiger partial charge in [0, 0.05) is 5.56 Å². The summed E-state index contributed by atoms with van der Waals surface area (Å²) in [6.45, 7) is 8.47. The molecular formula is C35H36N2O7S. The highest BCUT2D eigenvalue weighted by Gasteiger charge is 2.34. The summed E-state index contributed by atoms with van der Waals surface area (Å²) in [7, 11) is 3.09. The van der Waals surface area contributed by atoms with Gasteiger partial charge in [0.25, 0.3) is 5.56 Å². The summed E-state index contributed by atoms with van der Waals surface area (Å²) >= 11 is 1.25. The quantitative estimate of drug-likeness (QED) is 0.172. The highest BCUT2D eigenvalue weighted by Crippen LogP contribution is 2.36. The maximum absolute atomic E-state index is 14.1. The number of hydrogen-bond donors (Lipinski definition) is 0. The van der Waals surface area contributed by atoms with Crippen LogP contribution in [-0.2, 0) is 9.53 Å². The van der Waals surface area contributed by atoms with Gasteiger partial charge >= 0.3 is 5.97 Å². The van der Waals surface area contributed by atoms with Gasteiger partial charge in [-0.3, -0.25) is 9.36 Å². The van der Waals surface area contributed by atoms with E-state index in [4.69, 9.17) is 23.7 Å². The number of carbonyl (C=O) groups excluding carboxylic acids is 1. The number of para-hydroxylation sites is 1. The molecule has 1 aromatic heterocycles. The van der Waals surface area contributed by atoms with E-state index in [1.54, 1.807) is 39.2 Å². The number of allylic oxidation sites excluding steroid dienone is 1. The van der Waals surface area contributed by atoms with Crippen molar-refractivity contribution >= 4 is 23.4 Å². The Balaban J connectivity index is 1.50. The van der Waals surface area contributed by atoms with Gasteiger partial charge in [-0.1, -0.05) is 41.7 Å². The van der Waals surface area contributed by atoms with Gasteiger partial charge in [-0.25, -0.2) is 9.79 Å². The zero-order chi connectivity index (χ0) is 32.1. The first-order chi connectivity index (χ1) is 21.7. The molecule has 1 aliphatic rings. The van der Waals surface area contributed by atoms with Crippen LogP contribution < -0.4 is 33.8 Å². The van der Waals surface area contributed by atoms with Crippen molar-refractivity contribution in [1.82, 2.24) is 4.57 Å². The predicted molar refractivity (Wildman–Crippen MR) is 173 cm³/mol. The second kappa shape index (κ2) is 13.9. The van der Waals surface area contributed by atoms with Crippen molar-refractivity contribution in [2.24, 2.45) is 4.99 Å². The molecule has 9 nitrogen and oxygen atoms in total. The molecule has 0 bridgehead atoms. The summed E-state index contributed by atoms with van der Waals surface area (Å²) in [4.78, 5) is 32.5. The number of nitrogens with zero attached hydrogens (tertiary/aromatic N) is 2. The standard InChI is InChI=1S/C35H36N2O7S/c1-7-42-34(39)31-23(4)36-35-37(32(31)25-13-15-28(40-5)29(19-25)41-6)33(38)30(45-35)20-24-10-8-9-11-27(24)44-17-16-43-26-14-12-21(2)22(3)18-26/h8-15,18-20,32H,7,16-17H2,1-6H3/b30-20+/t32-/m1/s1. The van der Waals surface area contributed by atoms with Crippen molar-refractivity contribution in [1.29, 1.82) is 0 Å². The molecule has 0 spiro atoms. The molecule has 3 aromatic carbocycles. The van der Waals surface area contributed by atoms with E-state index in [0.29, 0.717) is 51.1 Å². The Bertz CT molecular complexity index is 1940. The fourth-order valence-corrected chi connectivity index (χ4v) is 6.15. The first kappa shape index (κ1) is 31.6. The SMILES string of the molecule is CCOC(=O)C1=C(C)N=c2s/c(=C/c3ccccc3OCCOc3ccc(C)c(C)c3)c(=O)n2[C@@H]1c1ccc(OC)c(OC)c1. The van der Waals surface area contributed by atoms with E-state index >= 15 is 0 Å². The van der Waals surface area contributed by atoms with Crippen LogP contribution >= 0.6 is 11.3 Å². The Hall–Kier alpha value is -4.83. The predicted octanol–water partition coefficient (Wildman–Crippen LogP) is 4.89. The molecule has 0 unspecified atom stereocenters. The van der Waals surface area contributed by atoms with Gasteiger partial charge in [-0.2, -0.15) is 0 Å².